The molecule has 2 aromatic carbocycles. The summed E-state index contributed by atoms with van der Waals surface area (Å²) in [5.41, 5.74) is 6.16. The van der Waals surface area contributed by atoms with Gasteiger partial charge in [0, 0.05) is 12.2 Å². The quantitative estimate of drug-likeness (QED) is 0.587. The molecule has 31 heavy (non-hydrogen) atoms. The topological polar surface area (TPSA) is 53.8 Å². The van der Waals surface area contributed by atoms with Gasteiger partial charge < -0.3 is 9.32 Å². The molecule has 0 saturated heterocycles. The highest BCUT2D eigenvalue weighted by Gasteiger charge is 2.43. The molecule has 0 saturated carbocycles. The second kappa shape index (κ2) is 7.58. The third-order valence-electron chi connectivity index (χ3n) is 6.21. The van der Waals surface area contributed by atoms with Gasteiger partial charge in [0.15, 0.2) is 0 Å². The van der Waals surface area contributed by atoms with Crippen LogP contribution in [0.5, 0.6) is 0 Å². The van der Waals surface area contributed by atoms with E-state index in [-0.39, 0.29) is 18.4 Å². The second-order valence-electron chi connectivity index (χ2n) is 8.18. The summed E-state index contributed by atoms with van der Waals surface area (Å²) in [6, 6.07) is 17.6. The smallest absolute Gasteiger partial charge is 0.278 e. The minimum absolute atomic E-state index is 0.123. The van der Waals surface area contributed by atoms with Gasteiger partial charge in [0.2, 0.25) is 0 Å². The van der Waals surface area contributed by atoms with Crippen LogP contribution in [0.2, 0.25) is 0 Å². The molecule has 2 aliphatic heterocycles. The molecule has 0 radical (unpaired) electrons. The summed E-state index contributed by atoms with van der Waals surface area (Å²) in [5, 5.41) is 0. The molecular formula is C26H24N2O3. The number of benzene rings is 2. The lowest BCUT2D eigenvalue weighted by Crippen LogP contribution is -2.36. The number of rotatable bonds is 4. The highest BCUT2D eigenvalue weighted by Crippen LogP contribution is 2.38. The van der Waals surface area contributed by atoms with Gasteiger partial charge in [-0.1, -0.05) is 36.4 Å². The first-order valence-electron chi connectivity index (χ1n) is 10.6. The van der Waals surface area contributed by atoms with Crippen molar-refractivity contribution >= 4 is 23.1 Å². The molecule has 5 heteroatoms. The molecule has 156 valence electrons. The fourth-order valence-electron chi connectivity index (χ4n) is 4.44. The molecule has 0 N–H and O–H groups in total. The van der Waals surface area contributed by atoms with Crippen molar-refractivity contribution in [2.45, 2.75) is 33.2 Å². The molecular weight excluding hydrogens is 388 g/mol. The van der Waals surface area contributed by atoms with Crippen LogP contribution in [0.4, 0.5) is 5.69 Å². The van der Waals surface area contributed by atoms with E-state index in [4.69, 9.17) is 4.42 Å². The van der Waals surface area contributed by atoms with Crippen LogP contribution in [0.15, 0.2) is 71.0 Å². The predicted molar refractivity (Wildman–Crippen MR) is 119 cm³/mol. The molecule has 5 rings (SSSR count). The number of amides is 2. The van der Waals surface area contributed by atoms with E-state index in [1.54, 1.807) is 18.4 Å². The van der Waals surface area contributed by atoms with Crippen molar-refractivity contribution < 1.29 is 14.0 Å². The standard InChI is InChI=1S/C26H24N2O3/c1-17-11-12-20(15-18(17)2)23-24(27-13-5-8-19-7-3-4-10-22(19)27)26(30)28(25(23)29)16-21-9-6-14-31-21/h3-4,6-7,9-12,14-15H,5,8,13,16H2,1-2H3. The number of imide groups is 1. The van der Waals surface area contributed by atoms with E-state index >= 15 is 0 Å². The fourth-order valence-corrected chi connectivity index (χ4v) is 4.44. The number of carbonyl (C=O) groups is 2. The van der Waals surface area contributed by atoms with E-state index in [9.17, 15) is 9.59 Å². The summed E-state index contributed by atoms with van der Waals surface area (Å²) < 4.78 is 5.43. The Morgan fingerprint density at radius 2 is 1.77 bits per heavy atom. The molecule has 0 aliphatic carbocycles. The summed E-state index contributed by atoms with van der Waals surface area (Å²) >= 11 is 0. The lowest BCUT2D eigenvalue weighted by atomic mass is 9.97. The van der Waals surface area contributed by atoms with Crippen LogP contribution in [-0.2, 0) is 22.6 Å². The van der Waals surface area contributed by atoms with Crippen molar-refractivity contribution in [3.8, 4) is 0 Å². The molecule has 3 aromatic rings. The highest BCUT2D eigenvalue weighted by atomic mass is 16.3. The van der Waals surface area contributed by atoms with E-state index in [1.807, 2.05) is 55.1 Å². The number of aryl methyl sites for hydroxylation is 3. The number of hydrogen-bond acceptors (Lipinski definition) is 4. The number of hydrogen-bond donors (Lipinski definition) is 0. The van der Waals surface area contributed by atoms with E-state index in [1.165, 1.54) is 10.5 Å². The predicted octanol–water partition coefficient (Wildman–Crippen LogP) is 4.63. The van der Waals surface area contributed by atoms with Gasteiger partial charge in [-0.25, -0.2) is 0 Å². The highest BCUT2D eigenvalue weighted by molar-refractivity contribution is 6.36. The first-order chi connectivity index (χ1) is 15.0. The van der Waals surface area contributed by atoms with Crippen molar-refractivity contribution in [2.24, 2.45) is 0 Å². The summed E-state index contributed by atoms with van der Waals surface area (Å²) in [7, 11) is 0. The zero-order chi connectivity index (χ0) is 21.5. The lowest BCUT2D eigenvalue weighted by molar-refractivity contribution is -0.137. The summed E-state index contributed by atoms with van der Waals surface area (Å²) in [6.07, 6.45) is 3.46. The molecule has 2 amide bonds. The van der Waals surface area contributed by atoms with Crippen molar-refractivity contribution in [3.63, 3.8) is 0 Å². The minimum atomic E-state index is -0.275. The Morgan fingerprint density at radius 1 is 0.935 bits per heavy atom. The van der Waals surface area contributed by atoms with Gasteiger partial charge in [0.05, 0.1) is 18.4 Å². The monoisotopic (exact) mass is 412 g/mol. The number of nitrogens with zero attached hydrogens (tertiary/aromatic N) is 2. The summed E-state index contributed by atoms with van der Waals surface area (Å²) in [4.78, 5) is 30.6. The number of anilines is 1. The maximum Gasteiger partial charge on any atom is 0.278 e. The van der Waals surface area contributed by atoms with Crippen LogP contribution in [-0.4, -0.2) is 23.3 Å². The molecule has 0 fully saturated rings. The Hall–Kier alpha value is -3.60. The van der Waals surface area contributed by atoms with Crippen LogP contribution >= 0.6 is 0 Å². The average Bonchev–Trinajstić information content (AvgIpc) is 3.38. The van der Waals surface area contributed by atoms with Crippen molar-refractivity contribution in [2.75, 3.05) is 11.4 Å². The Balaban J connectivity index is 1.66. The van der Waals surface area contributed by atoms with Gasteiger partial charge >= 0.3 is 0 Å². The summed E-state index contributed by atoms with van der Waals surface area (Å²) in [5.74, 6) is 0.0375. The normalized spacial score (nSPS) is 16.3. The van der Waals surface area contributed by atoms with Crippen molar-refractivity contribution in [1.82, 2.24) is 4.90 Å². The average molecular weight is 412 g/mol. The maximum absolute atomic E-state index is 13.7. The van der Waals surface area contributed by atoms with E-state index in [0.29, 0.717) is 23.6 Å². The minimum Gasteiger partial charge on any atom is -0.467 e. The number of furan rings is 1. The molecule has 5 nitrogen and oxygen atoms in total. The Morgan fingerprint density at radius 3 is 2.55 bits per heavy atom. The molecule has 0 atom stereocenters. The van der Waals surface area contributed by atoms with E-state index in [2.05, 4.69) is 6.07 Å². The first-order valence-corrected chi connectivity index (χ1v) is 10.6. The van der Waals surface area contributed by atoms with Gasteiger partial charge in [-0.15, -0.1) is 0 Å². The van der Waals surface area contributed by atoms with Crippen LogP contribution < -0.4 is 4.90 Å². The first kappa shape index (κ1) is 19.4. The third-order valence-corrected chi connectivity index (χ3v) is 6.21. The Bertz CT molecular complexity index is 1210. The van der Waals surface area contributed by atoms with Gasteiger partial charge in [0.1, 0.15) is 11.5 Å². The van der Waals surface area contributed by atoms with Crippen LogP contribution in [0.1, 0.15) is 34.4 Å². The number of carbonyl (C=O) groups excluding carboxylic acids is 2. The zero-order valence-electron chi connectivity index (χ0n) is 17.7. The zero-order valence-corrected chi connectivity index (χ0v) is 17.7. The second-order valence-corrected chi connectivity index (χ2v) is 8.18. The summed E-state index contributed by atoms with van der Waals surface area (Å²) in [6.45, 7) is 4.89. The van der Waals surface area contributed by atoms with E-state index in [0.717, 1.165) is 35.2 Å². The van der Waals surface area contributed by atoms with Crippen LogP contribution in [0, 0.1) is 13.8 Å². The van der Waals surface area contributed by atoms with E-state index < -0.39 is 0 Å². The van der Waals surface area contributed by atoms with Crippen molar-refractivity contribution in [1.29, 1.82) is 0 Å². The Kier molecular flexibility index (Phi) is 4.74. The fraction of sp³-hybridized carbons (Fsp3) is 0.231. The molecule has 0 bridgehead atoms. The maximum atomic E-state index is 13.7. The van der Waals surface area contributed by atoms with Crippen molar-refractivity contribution in [3.05, 3.63) is 94.6 Å². The van der Waals surface area contributed by atoms with Gasteiger partial charge in [0.25, 0.3) is 11.8 Å². The third kappa shape index (κ3) is 3.26. The van der Waals surface area contributed by atoms with Gasteiger partial charge in [-0.3, -0.25) is 14.5 Å². The SMILES string of the molecule is Cc1ccc(C2=C(N3CCCc4ccccc43)C(=O)N(Cc3ccco3)C2=O)cc1C. The number of fused-ring (bicyclic) bond motifs is 1. The van der Waals surface area contributed by atoms with Gasteiger partial charge in [-0.2, -0.15) is 0 Å². The van der Waals surface area contributed by atoms with Crippen LogP contribution in [0.25, 0.3) is 5.57 Å². The molecule has 3 heterocycles. The lowest BCUT2D eigenvalue weighted by Gasteiger charge is -2.32. The van der Waals surface area contributed by atoms with Gasteiger partial charge in [-0.05, 0) is 67.1 Å². The molecule has 0 spiro atoms. The number of para-hydroxylation sites is 1. The largest absolute Gasteiger partial charge is 0.467 e. The van der Waals surface area contributed by atoms with Crippen LogP contribution in [0.3, 0.4) is 0 Å². The molecule has 2 aliphatic rings. The molecule has 1 aromatic heterocycles. The Labute approximate surface area is 181 Å². The molecule has 0 unspecified atom stereocenters.